The predicted molar refractivity (Wildman–Crippen MR) is 99.4 cm³/mol. The van der Waals surface area contributed by atoms with E-state index < -0.39 is 41.9 Å². The number of nitrogens with one attached hydrogen (secondary N) is 3. The van der Waals surface area contributed by atoms with Crippen LogP contribution in [-0.2, 0) is 11.0 Å². The molecular formula is C19H16F4N4O3. The van der Waals surface area contributed by atoms with Crippen molar-refractivity contribution in [3.8, 4) is 0 Å². The zero-order valence-electron chi connectivity index (χ0n) is 15.3. The summed E-state index contributed by atoms with van der Waals surface area (Å²) in [7, 11) is 0. The molecule has 30 heavy (non-hydrogen) atoms. The summed E-state index contributed by atoms with van der Waals surface area (Å²) in [4.78, 5) is 36.5. The minimum absolute atomic E-state index is 0.0710. The molecule has 0 saturated carbocycles. The van der Waals surface area contributed by atoms with Gasteiger partial charge in [0.1, 0.15) is 5.82 Å². The summed E-state index contributed by atoms with van der Waals surface area (Å²) in [6.07, 6.45) is -4.77. The van der Waals surface area contributed by atoms with Gasteiger partial charge in [0.25, 0.3) is 5.91 Å². The molecule has 1 fully saturated rings. The molecule has 0 aliphatic carbocycles. The minimum atomic E-state index is -4.77. The van der Waals surface area contributed by atoms with E-state index in [0.717, 1.165) is 29.2 Å². The van der Waals surface area contributed by atoms with Crippen molar-refractivity contribution in [1.82, 2.24) is 10.2 Å². The highest BCUT2D eigenvalue weighted by molar-refractivity contribution is 6.04. The molecule has 2 aromatic rings. The third-order valence-corrected chi connectivity index (χ3v) is 4.28. The molecule has 0 bridgehead atoms. The molecule has 11 heteroatoms. The van der Waals surface area contributed by atoms with Gasteiger partial charge in [0, 0.05) is 30.0 Å². The summed E-state index contributed by atoms with van der Waals surface area (Å²) >= 11 is 0. The van der Waals surface area contributed by atoms with Crippen molar-refractivity contribution >= 4 is 29.2 Å². The van der Waals surface area contributed by atoms with E-state index in [0.29, 0.717) is 0 Å². The zero-order chi connectivity index (χ0) is 21.9. The van der Waals surface area contributed by atoms with E-state index in [2.05, 4.69) is 16.0 Å². The van der Waals surface area contributed by atoms with Gasteiger partial charge in [0.2, 0.25) is 5.91 Å². The maximum absolute atomic E-state index is 13.5. The van der Waals surface area contributed by atoms with Crippen LogP contribution in [0.25, 0.3) is 0 Å². The Labute approximate surface area is 168 Å². The van der Waals surface area contributed by atoms with Crippen LogP contribution in [0.15, 0.2) is 42.5 Å². The van der Waals surface area contributed by atoms with Gasteiger partial charge in [-0.3, -0.25) is 14.5 Å². The second-order valence-electron chi connectivity index (χ2n) is 6.35. The van der Waals surface area contributed by atoms with Crippen molar-refractivity contribution in [2.45, 2.75) is 6.18 Å². The van der Waals surface area contributed by atoms with Crippen LogP contribution in [0.1, 0.15) is 15.9 Å². The van der Waals surface area contributed by atoms with Gasteiger partial charge in [0.15, 0.2) is 0 Å². The first-order valence-electron chi connectivity index (χ1n) is 8.75. The molecule has 1 aliphatic heterocycles. The Balaban J connectivity index is 1.75. The number of nitrogens with zero attached hydrogens (tertiary/aromatic N) is 1. The molecule has 0 radical (unpaired) electrons. The van der Waals surface area contributed by atoms with Crippen molar-refractivity contribution in [2.75, 3.05) is 30.3 Å². The predicted octanol–water partition coefficient (Wildman–Crippen LogP) is 3.06. The van der Waals surface area contributed by atoms with E-state index in [1.165, 1.54) is 18.2 Å². The number of alkyl halides is 3. The first-order valence-corrected chi connectivity index (χ1v) is 8.75. The first kappa shape index (κ1) is 21.1. The number of benzene rings is 2. The van der Waals surface area contributed by atoms with Gasteiger partial charge in [-0.05, 0) is 42.5 Å². The quantitative estimate of drug-likeness (QED) is 0.644. The molecule has 0 unspecified atom stereocenters. The molecule has 7 nitrogen and oxygen atoms in total. The summed E-state index contributed by atoms with van der Waals surface area (Å²) < 4.78 is 53.3. The molecule has 3 N–H and O–H groups in total. The lowest BCUT2D eigenvalue weighted by Crippen LogP contribution is -2.38. The number of hydrogen-bond acceptors (Lipinski definition) is 4. The number of rotatable bonds is 5. The molecule has 1 heterocycles. The van der Waals surface area contributed by atoms with E-state index in [4.69, 9.17) is 0 Å². The van der Waals surface area contributed by atoms with Crippen molar-refractivity contribution in [3.63, 3.8) is 0 Å². The zero-order valence-corrected chi connectivity index (χ0v) is 15.3. The van der Waals surface area contributed by atoms with Crippen molar-refractivity contribution in [1.29, 1.82) is 0 Å². The third-order valence-electron chi connectivity index (χ3n) is 4.28. The normalized spacial score (nSPS) is 13.7. The highest BCUT2D eigenvalue weighted by atomic mass is 19.4. The van der Waals surface area contributed by atoms with Crippen LogP contribution in [0.2, 0.25) is 0 Å². The molecule has 2 aromatic carbocycles. The van der Waals surface area contributed by atoms with Gasteiger partial charge < -0.3 is 16.0 Å². The van der Waals surface area contributed by atoms with Gasteiger partial charge >= 0.3 is 12.2 Å². The van der Waals surface area contributed by atoms with E-state index >= 15 is 0 Å². The van der Waals surface area contributed by atoms with Crippen molar-refractivity contribution in [2.24, 2.45) is 0 Å². The summed E-state index contributed by atoms with van der Waals surface area (Å²) in [5.41, 5.74) is -1.54. The molecule has 0 atom stereocenters. The van der Waals surface area contributed by atoms with Crippen molar-refractivity contribution < 1.29 is 31.9 Å². The van der Waals surface area contributed by atoms with Crippen LogP contribution >= 0.6 is 0 Å². The lowest BCUT2D eigenvalue weighted by molar-refractivity contribution is -0.137. The largest absolute Gasteiger partial charge is 0.418 e. The highest BCUT2D eigenvalue weighted by Crippen LogP contribution is 2.36. The number of amides is 4. The Morgan fingerprint density at radius 3 is 2.40 bits per heavy atom. The molecule has 0 aromatic heterocycles. The first-order chi connectivity index (χ1) is 14.1. The number of carbonyl (C=O) groups excluding carboxylic acids is 3. The molecule has 0 spiro atoms. The molecule has 1 aliphatic rings. The van der Waals surface area contributed by atoms with Crippen LogP contribution in [-0.4, -0.2) is 42.4 Å². The lowest BCUT2D eigenvalue weighted by Gasteiger charge is -2.18. The number of halogens is 4. The number of hydrogen-bond donors (Lipinski definition) is 3. The molecular weight excluding hydrogens is 408 g/mol. The van der Waals surface area contributed by atoms with Crippen LogP contribution in [0, 0.1) is 5.82 Å². The highest BCUT2D eigenvalue weighted by Gasteiger charge is 2.34. The Kier molecular flexibility index (Phi) is 5.90. The fourth-order valence-corrected chi connectivity index (χ4v) is 2.79. The van der Waals surface area contributed by atoms with Crippen LogP contribution in [0.5, 0.6) is 0 Å². The average Bonchev–Trinajstić information content (AvgIpc) is 3.12. The molecule has 3 rings (SSSR count). The summed E-state index contributed by atoms with van der Waals surface area (Å²) in [5, 5.41) is 7.13. The summed E-state index contributed by atoms with van der Waals surface area (Å²) in [6.45, 7) is -0.0988. The van der Waals surface area contributed by atoms with Gasteiger partial charge in [0.05, 0.1) is 12.1 Å². The van der Waals surface area contributed by atoms with E-state index in [-0.39, 0.29) is 30.0 Å². The smallest absolute Gasteiger partial charge is 0.376 e. The fourth-order valence-electron chi connectivity index (χ4n) is 2.79. The topological polar surface area (TPSA) is 90.5 Å². The van der Waals surface area contributed by atoms with Crippen LogP contribution < -0.4 is 16.0 Å². The average molecular weight is 424 g/mol. The SMILES string of the molecule is O=C(Nc1ccc(NCC(=O)N2CCNC2=O)c(C(F)(F)F)c1)c1ccc(F)cc1. The maximum Gasteiger partial charge on any atom is 0.418 e. The van der Waals surface area contributed by atoms with Crippen LogP contribution in [0.3, 0.4) is 0 Å². The van der Waals surface area contributed by atoms with Gasteiger partial charge in [-0.15, -0.1) is 0 Å². The van der Waals surface area contributed by atoms with Gasteiger partial charge in [-0.2, -0.15) is 13.2 Å². The number of imide groups is 1. The minimum Gasteiger partial charge on any atom is -0.376 e. The molecule has 4 amide bonds. The number of carbonyl (C=O) groups is 3. The Morgan fingerprint density at radius 2 is 1.80 bits per heavy atom. The third kappa shape index (κ3) is 4.85. The van der Waals surface area contributed by atoms with E-state index in [1.54, 1.807) is 0 Å². The lowest BCUT2D eigenvalue weighted by atomic mass is 10.1. The second-order valence-corrected chi connectivity index (χ2v) is 6.35. The van der Waals surface area contributed by atoms with E-state index in [9.17, 15) is 31.9 Å². The number of urea groups is 1. The van der Waals surface area contributed by atoms with Gasteiger partial charge in [-0.1, -0.05) is 0 Å². The summed E-state index contributed by atoms with van der Waals surface area (Å²) in [6, 6.07) is 6.93. The standard InChI is InChI=1S/C19H16F4N4O3/c20-12-3-1-11(2-4-12)17(29)26-13-5-6-15(14(9-13)19(21,22)23)25-10-16(28)27-8-7-24-18(27)30/h1-6,9,25H,7-8,10H2,(H,24,30)(H,26,29). The summed E-state index contributed by atoms with van der Waals surface area (Å²) in [5.74, 6) is -1.94. The second kappa shape index (κ2) is 8.39. The monoisotopic (exact) mass is 424 g/mol. The van der Waals surface area contributed by atoms with E-state index in [1.807, 2.05) is 0 Å². The maximum atomic E-state index is 13.5. The number of anilines is 2. The Morgan fingerprint density at radius 1 is 1.10 bits per heavy atom. The van der Waals surface area contributed by atoms with Gasteiger partial charge in [-0.25, -0.2) is 9.18 Å². The fraction of sp³-hybridized carbons (Fsp3) is 0.211. The Hall–Kier alpha value is -3.63. The van der Waals surface area contributed by atoms with Crippen LogP contribution in [0.4, 0.5) is 33.7 Å². The van der Waals surface area contributed by atoms with Crippen molar-refractivity contribution in [3.05, 3.63) is 59.4 Å². The molecule has 158 valence electrons. The molecule has 1 saturated heterocycles. The Bertz CT molecular complexity index is 977.